The van der Waals surface area contributed by atoms with Crippen LogP contribution in [-0.2, 0) is 0 Å². The van der Waals surface area contributed by atoms with Gasteiger partial charge in [-0.1, -0.05) is 12.1 Å². The normalized spacial score (nSPS) is 10.6. The third-order valence-electron chi connectivity index (χ3n) is 2.98. The number of fused-ring (bicyclic) bond motifs is 1. The number of imidazole rings is 1. The van der Waals surface area contributed by atoms with Crippen LogP contribution in [0.3, 0.4) is 0 Å². The van der Waals surface area contributed by atoms with Crippen LogP contribution < -0.4 is 10.1 Å². The van der Waals surface area contributed by atoms with E-state index in [1.807, 2.05) is 43.4 Å². The van der Waals surface area contributed by atoms with E-state index in [0.29, 0.717) is 11.5 Å². The molecule has 5 nitrogen and oxygen atoms in total. The second kappa shape index (κ2) is 4.61. The Labute approximate surface area is 110 Å². The molecule has 0 bridgehead atoms. The molecule has 3 rings (SSSR count). The van der Waals surface area contributed by atoms with E-state index in [1.165, 1.54) is 0 Å². The average Bonchev–Trinajstić information content (AvgIpc) is 2.89. The number of hydrogen-bond donors (Lipinski definition) is 2. The van der Waals surface area contributed by atoms with Gasteiger partial charge in [0.1, 0.15) is 5.82 Å². The van der Waals surface area contributed by atoms with Gasteiger partial charge in [-0.05, 0) is 18.2 Å². The number of benzene rings is 1. The van der Waals surface area contributed by atoms with Gasteiger partial charge in [-0.25, -0.2) is 4.98 Å². The van der Waals surface area contributed by atoms with E-state index < -0.39 is 0 Å². The predicted molar refractivity (Wildman–Crippen MR) is 75.4 cm³/mol. The lowest BCUT2D eigenvalue weighted by atomic mass is 10.1. The number of anilines is 1. The highest BCUT2D eigenvalue weighted by atomic mass is 16.5. The van der Waals surface area contributed by atoms with E-state index in [4.69, 9.17) is 4.74 Å². The molecule has 0 aliphatic rings. The maximum Gasteiger partial charge on any atom is 0.215 e. The smallest absolute Gasteiger partial charge is 0.215 e. The Bertz CT molecular complexity index is 720. The maximum atomic E-state index is 5.10. The number of pyridine rings is 1. The van der Waals surface area contributed by atoms with Gasteiger partial charge in [-0.3, -0.25) is 0 Å². The van der Waals surface area contributed by atoms with Crippen molar-refractivity contribution in [1.29, 1.82) is 0 Å². The highest BCUT2D eigenvalue weighted by Crippen LogP contribution is 2.27. The van der Waals surface area contributed by atoms with Crippen molar-refractivity contribution >= 4 is 16.9 Å². The van der Waals surface area contributed by atoms with Crippen molar-refractivity contribution < 1.29 is 4.74 Å². The Morgan fingerprint density at radius 1 is 1.11 bits per heavy atom. The minimum absolute atomic E-state index is 0.562. The summed E-state index contributed by atoms with van der Waals surface area (Å²) in [5.41, 5.74) is 3.58. The van der Waals surface area contributed by atoms with Crippen LogP contribution in [0.25, 0.3) is 22.6 Å². The van der Waals surface area contributed by atoms with Crippen LogP contribution in [0.2, 0.25) is 0 Å². The first-order valence-corrected chi connectivity index (χ1v) is 5.99. The van der Waals surface area contributed by atoms with Gasteiger partial charge in [0.2, 0.25) is 5.88 Å². The summed E-state index contributed by atoms with van der Waals surface area (Å²) in [5.74, 6) is 1.35. The minimum atomic E-state index is 0.562. The molecule has 0 atom stereocenters. The molecular formula is C14H14N4O. The number of methoxy groups -OCH3 is 1. The molecule has 0 fully saturated rings. The van der Waals surface area contributed by atoms with E-state index in [-0.39, 0.29) is 0 Å². The van der Waals surface area contributed by atoms with Crippen LogP contribution in [-0.4, -0.2) is 29.1 Å². The van der Waals surface area contributed by atoms with Gasteiger partial charge in [0.15, 0.2) is 5.65 Å². The van der Waals surface area contributed by atoms with Gasteiger partial charge >= 0.3 is 0 Å². The lowest BCUT2D eigenvalue weighted by Crippen LogP contribution is -1.92. The van der Waals surface area contributed by atoms with Gasteiger partial charge in [0.25, 0.3) is 0 Å². The first-order chi connectivity index (χ1) is 9.31. The molecule has 0 saturated carbocycles. The van der Waals surface area contributed by atoms with Crippen molar-refractivity contribution in [2.45, 2.75) is 0 Å². The zero-order valence-corrected chi connectivity index (χ0v) is 10.8. The van der Waals surface area contributed by atoms with Crippen molar-refractivity contribution in [3.05, 3.63) is 36.4 Å². The van der Waals surface area contributed by atoms with E-state index in [2.05, 4.69) is 20.3 Å². The number of nitrogens with one attached hydrogen (secondary N) is 2. The molecule has 0 radical (unpaired) electrons. The molecule has 2 N–H and O–H groups in total. The number of para-hydroxylation sites is 1. The van der Waals surface area contributed by atoms with E-state index in [9.17, 15) is 0 Å². The van der Waals surface area contributed by atoms with Crippen LogP contribution in [0.4, 0.5) is 5.69 Å². The molecule has 0 aliphatic carbocycles. The van der Waals surface area contributed by atoms with Crippen LogP contribution >= 0.6 is 0 Å². The van der Waals surface area contributed by atoms with E-state index >= 15 is 0 Å². The molecule has 96 valence electrons. The monoisotopic (exact) mass is 254 g/mol. The second-order valence-electron chi connectivity index (χ2n) is 4.11. The summed E-state index contributed by atoms with van der Waals surface area (Å²) < 4.78 is 5.10. The maximum absolute atomic E-state index is 5.10. The number of H-pyrrole nitrogens is 1. The largest absolute Gasteiger partial charge is 0.481 e. The van der Waals surface area contributed by atoms with Crippen LogP contribution in [0, 0.1) is 0 Å². The van der Waals surface area contributed by atoms with Gasteiger partial charge < -0.3 is 15.0 Å². The summed E-state index contributed by atoms with van der Waals surface area (Å²) in [6.45, 7) is 0. The number of ether oxygens (including phenoxy) is 1. The lowest BCUT2D eigenvalue weighted by molar-refractivity contribution is 0.399. The van der Waals surface area contributed by atoms with Crippen molar-refractivity contribution in [3.8, 4) is 17.3 Å². The quantitative estimate of drug-likeness (QED) is 0.754. The van der Waals surface area contributed by atoms with Crippen molar-refractivity contribution in [2.24, 2.45) is 0 Å². The molecule has 0 spiro atoms. The van der Waals surface area contributed by atoms with Crippen LogP contribution in [0.1, 0.15) is 0 Å². The van der Waals surface area contributed by atoms with E-state index in [0.717, 1.165) is 22.6 Å². The third-order valence-corrected chi connectivity index (χ3v) is 2.98. The fourth-order valence-corrected chi connectivity index (χ4v) is 2.02. The molecule has 19 heavy (non-hydrogen) atoms. The van der Waals surface area contributed by atoms with Gasteiger partial charge in [-0.15, -0.1) is 0 Å². The summed E-state index contributed by atoms with van der Waals surface area (Å²) in [4.78, 5) is 12.1. The SMILES string of the molecule is CNc1ccccc1-c1nc2nc(OC)ccc2[nH]1. The number of aromatic amines is 1. The molecule has 2 heterocycles. The molecule has 0 unspecified atom stereocenters. The summed E-state index contributed by atoms with van der Waals surface area (Å²) >= 11 is 0. The number of hydrogen-bond acceptors (Lipinski definition) is 4. The third kappa shape index (κ3) is 1.99. The summed E-state index contributed by atoms with van der Waals surface area (Å²) in [6, 6.07) is 11.7. The lowest BCUT2D eigenvalue weighted by Gasteiger charge is -2.05. The average molecular weight is 254 g/mol. The number of rotatable bonds is 3. The first-order valence-electron chi connectivity index (χ1n) is 5.99. The Kier molecular flexibility index (Phi) is 2.79. The van der Waals surface area contributed by atoms with Crippen molar-refractivity contribution in [1.82, 2.24) is 15.0 Å². The Hall–Kier alpha value is -2.56. The summed E-state index contributed by atoms with van der Waals surface area (Å²) in [7, 11) is 3.49. The topological polar surface area (TPSA) is 62.8 Å². The first kappa shape index (κ1) is 11.5. The van der Waals surface area contributed by atoms with Gasteiger partial charge in [0, 0.05) is 24.4 Å². The van der Waals surface area contributed by atoms with Crippen molar-refractivity contribution in [2.75, 3.05) is 19.5 Å². The zero-order valence-electron chi connectivity index (χ0n) is 10.8. The fourth-order valence-electron chi connectivity index (χ4n) is 2.02. The Balaban J connectivity index is 2.15. The molecule has 5 heteroatoms. The summed E-state index contributed by atoms with van der Waals surface area (Å²) in [5, 5.41) is 3.16. The van der Waals surface area contributed by atoms with Crippen molar-refractivity contribution in [3.63, 3.8) is 0 Å². The molecule has 0 aliphatic heterocycles. The zero-order chi connectivity index (χ0) is 13.2. The minimum Gasteiger partial charge on any atom is -0.481 e. The standard InChI is InChI=1S/C14H14N4O/c1-15-10-6-4-3-5-9(10)13-16-11-7-8-12(19-2)17-14(11)18-13/h3-8,15H,1-2H3,(H,16,17,18). The Morgan fingerprint density at radius 2 is 1.95 bits per heavy atom. The molecule has 0 amide bonds. The molecular weight excluding hydrogens is 240 g/mol. The number of nitrogens with zero attached hydrogens (tertiary/aromatic N) is 2. The van der Waals surface area contributed by atoms with Crippen LogP contribution in [0.5, 0.6) is 5.88 Å². The fraction of sp³-hybridized carbons (Fsp3) is 0.143. The number of aromatic nitrogens is 3. The van der Waals surface area contributed by atoms with Gasteiger partial charge in [0.05, 0.1) is 12.6 Å². The molecule has 2 aromatic heterocycles. The molecule has 1 aromatic carbocycles. The highest BCUT2D eigenvalue weighted by molar-refractivity contribution is 5.81. The van der Waals surface area contributed by atoms with Crippen LogP contribution in [0.15, 0.2) is 36.4 Å². The van der Waals surface area contributed by atoms with Gasteiger partial charge in [-0.2, -0.15) is 4.98 Å². The highest BCUT2D eigenvalue weighted by Gasteiger charge is 2.10. The predicted octanol–water partition coefficient (Wildman–Crippen LogP) is 2.68. The van der Waals surface area contributed by atoms with E-state index in [1.54, 1.807) is 7.11 Å². The molecule has 0 saturated heterocycles. The summed E-state index contributed by atoms with van der Waals surface area (Å²) in [6.07, 6.45) is 0. The Morgan fingerprint density at radius 3 is 2.74 bits per heavy atom. The second-order valence-corrected chi connectivity index (χ2v) is 4.11. The molecule has 3 aromatic rings.